The fourth-order valence-corrected chi connectivity index (χ4v) is 2.25. The van der Waals surface area contributed by atoms with Crippen molar-refractivity contribution in [3.63, 3.8) is 0 Å². The second kappa shape index (κ2) is 8.45. The van der Waals surface area contributed by atoms with E-state index in [1.165, 1.54) is 6.92 Å². The third kappa shape index (κ3) is 7.31. The minimum Gasteiger partial charge on any atom is -0.449 e. The predicted octanol–water partition coefficient (Wildman–Crippen LogP) is 3.11. The Kier molecular flexibility index (Phi) is 8.13. The Morgan fingerprint density at radius 2 is 1.65 bits per heavy atom. The maximum atomic E-state index is 12.1. The first-order chi connectivity index (χ1) is 7.95. The molecule has 0 aliphatic rings. The molecule has 0 saturated carbocycles. The molecular weight excluding hydrogens is 243 g/mol. The summed E-state index contributed by atoms with van der Waals surface area (Å²) < 4.78 is 27.2. The molecule has 6 heteroatoms. The van der Waals surface area contributed by atoms with Crippen LogP contribution in [0.4, 0.5) is 0 Å². The smallest absolute Gasteiger partial charge is 0.367 e. The van der Waals surface area contributed by atoms with Crippen molar-refractivity contribution in [3.8, 4) is 0 Å². The monoisotopic (exact) mass is 264 g/mol. The van der Waals surface area contributed by atoms with Gasteiger partial charge in [0, 0.05) is 5.57 Å². The summed E-state index contributed by atoms with van der Waals surface area (Å²) in [5.74, 6) is -0.592. The molecule has 0 atom stereocenters. The van der Waals surface area contributed by atoms with Crippen molar-refractivity contribution in [3.05, 3.63) is 12.2 Å². The molecule has 100 valence electrons. The molecule has 17 heavy (non-hydrogen) atoms. The van der Waals surface area contributed by atoms with E-state index in [9.17, 15) is 9.36 Å². The van der Waals surface area contributed by atoms with Crippen molar-refractivity contribution in [1.82, 2.24) is 0 Å². The fraction of sp³-hybridized carbons (Fsp3) is 0.727. The van der Waals surface area contributed by atoms with E-state index in [0.717, 1.165) is 0 Å². The lowest BCUT2D eigenvalue weighted by molar-refractivity contribution is -0.137. The van der Waals surface area contributed by atoms with Gasteiger partial charge in [0.25, 0.3) is 0 Å². The minimum atomic E-state index is -3.33. The lowest BCUT2D eigenvalue weighted by Gasteiger charge is -2.17. The number of carbonyl (C=O) groups excluding carboxylic acids is 1. The van der Waals surface area contributed by atoms with E-state index in [1.54, 1.807) is 0 Å². The molecule has 0 aromatic rings. The maximum Gasteiger partial charge on any atom is 0.367 e. The van der Waals surface area contributed by atoms with Crippen molar-refractivity contribution in [2.24, 2.45) is 0 Å². The summed E-state index contributed by atoms with van der Waals surface area (Å²) in [4.78, 5) is 11.2. The molecule has 0 amide bonds. The predicted molar refractivity (Wildman–Crippen MR) is 65.9 cm³/mol. The van der Waals surface area contributed by atoms with Gasteiger partial charge in [-0.25, -0.2) is 4.79 Å². The van der Waals surface area contributed by atoms with Crippen LogP contribution in [0.1, 0.15) is 33.6 Å². The zero-order valence-corrected chi connectivity index (χ0v) is 11.6. The van der Waals surface area contributed by atoms with Crippen LogP contribution in [0.25, 0.3) is 0 Å². The van der Waals surface area contributed by atoms with E-state index in [2.05, 4.69) is 6.58 Å². The van der Waals surface area contributed by atoms with Crippen LogP contribution in [0.2, 0.25) is 0 Å². The molecule has 5 nitrogen and oxygen atoms in total. The molecule has 0 N–H and O–H groups in total. The van der Waals surface area contributed by atoms with E-state index >= 15 is 0 Å². The number of hydrogen-bond acceptors (Lipinski definition) is 5. The molecule has 0 fully saturated rings. The number of hydrogen-bond donors (Lipinski definition) is 0. The number of esters is 1. The van der Waals surface area contributed by atoms with E-state index in [4.69, 9.17) is 13.8 Å². The fourth-order valence-electron chi connectivity index (χ4n) is 0.833. The van der Waals surface area contributed by atoms with Gasteiger partial charge in [-0.15, -0.1) is 0 Å². The zero-order valence-electron chi connectivity index (χ0n) is 10.7. The van der Waals surface area contributed by atoms with Crippen LogP contribution in [-0.4, -0.2) is 25.5 Å². The van der Waals surface area contributed by atoms with E-state index in [1.807, 2.05) is 13.8 Å². The number of ether oxygens (including phenoxy) is 1. The Balaban J connectivity index is 4.32. The van der Waals surface area contributed by atoms with Crippen molar-refractivity contribution < 1.29 is 23.1 Å². The van der Waals surface area contributed by atoms with Gasteiger partial charge in [0.15, 0.2) is 6.35 Å². The third-order valence-corrected chi connectivity index (χ3v) is 3.28. The van der Waals surface area contributed by atoms with Gasteiger partial charge in [0.1, 0.15) is 0 Å². The Labute approximate surface area is 103 Å². The maximum absolute atomic E-state index is 12.1. The van der Waals surface area contributed by atoms with Crippen LogP contribution in [-0.2, 0) is 23.1 Å². The Hall–Kier alpha value is -0.640. The van der Waals surface area contributed by atoms with Gasteiger partial charge in [0.05, 0.1) is 13.2 Å². The second-order valence-corrected chi connectivity index (χ2v) is 5.61. The standard InChI is InChI=1S/C11H21O5P/c1-5-7-15-17(13,16-8-6-2)9-14-11(12)10(3)4/h3,5-9H2,1-2,4H3. The molecule has 0 rings (SSSR count). The molecule has 0 unspecified atom stereocenters. The van der Waals surface area contributed by atoms with Crippen LogP contribution in [0.3, 0.4) is 0 Å². The highest BCUT2D eigenvalue weighted by atomic mass is 31.2. The summed E-state index contributed by atoms with van der Waals surface area (Å²) >= 11 is 0. The Bertz CT molecular complexity index is 288. The molecule has 0 aromatic heterocycles. The molecule has 0 aromatic carbocycles. The number of rotatable bonds is 9. The Morgan fingerprint density at radius 3 is 2.00 bits per heavy atom. The average molecular weight is 264 g/mol. The lowest BCUT2D eigenvalue weighted by atomic mass is 10.4. The molecule has 0 radical (unpaired) electrons. The van der Waals surface area contributed by atoms with Crippen LogP contribution < -0.4 is 0 Å². The average Bonchev–Trinajstić information content (AvgIpc) is 2.31. The molecule has 0 bridgehead atoms. The highest BCUT2D eigenvalue weighted by molar-refractivity contribution is 7.53. The molecule has 0 aliphatic carbocycles. The highest BCUT2D eigenvalue weighted by Gasteiger charge is 2.26. The SMILES string of the molecule is C=C(C)C(=O)OCP(=O)(OCCC)OCCC. The largest absolute Gasteiger partial charge is 0.449 e. The van der Waals surface area contributed by atoms with Gasteiger partial charge in [-0.3, -0.25) is 4.57 Å². The van der Waals surface area contributed by atoms with Crippen LogP contribution in [0, 0.1) is 0 Å². The quantitative estimate of drug-likeness (QED) is 0.364. The van der Waals surface area contributed by atoms with Crippen LogP contribution in [0.15, 0.2) is 12.2 Å². The lowest BCUT2D eigenvalue weighted by Crippen LogP contribution is -2.10. The zero-order chi connectivity index (χ0) is 13.3. The van der Waals surface area contributed by atoms with Crippen molar-refractivity contribution in [2.75, 3.05) is 19.6 Å². The van der Waals surface area contributed by atoms with Crippen LogP contribution >= 0.6 is 7.60 Å². The summed E-state index contributed by atoms with van der Waals surface area (Å²) in [7, 11) is -3.33. The van der Waals surface area contributed by atoms with Gasteiger partial charge in [-0.05, 0) is 19.8 Å². The van der Waals surface area contributed by atoms with Crippen molar-refractivity contribution in [2.45, 2.75) is 33.6 Å². The van der Waals surface area contributed by atoms with E-state index < -0.39 is 13.6 Å². The van der Waals surface area contributed by atoms with Gasteiger partial charge >= 0.3 is 13.6 Å². The minimum absolute atomic E-state index is 0.252. The summed E-state index contributed by atoms with van der Waals surface area (Å²) in [5.41, 5.74) is 0.252. The highest BCUT2D eigenvalue weighted by Crippen LogP contribution is 2.48. The van der Waals surface area contributed by atoms with Gasteiger partial charge in [-0.1, -0.05) is 20.4 Å². The van der Waals surface area contributed by atoms with Gasteiger partial charge < -0.3 is 13.8 Å². The second-order valence-electron chi connectivity index (χ2n) is 3.62. The summed E-state index contributed by atoms with van der Waals surface area (Å²) in [6, 6.07) is 0. The first-order valence-electron chi connectivity index (χ1n) is 5.66. The summed E-state index contributed by atoms with van der Waals surface area (Å²) in [6.45, 7) is 9.36. The summed E-state index contributed by atoms with van der Waals surface area (Å²) in [5, 5.41) is 0. The molecule has 0 aliphatic heterocycles. The topological polar surface area (TPSA) is 61.8 Å². The van der Waals surface area contributed by atoms with Crippen molar-refractivity contribution in [1.29, 1.82) is 0 Å². The first-order valence-corrected chi connectivity index (χ1v) is 7.38. The van der Waals surface area contributed by atoms with E-state index in [0.29, 0.717) is 26.1 Å². The van der Waals surface area contributed by atoms with Gasteiger partial charge in [-0.2, -0.15) is 0 Å². The Morgan fingerprint density at radius 1 is 1.18 bits per heavy atom. The normalized spacial score (nSPS) is 11.2. The molecule has 0 spiro atoms. The van der Waals surface area contributed by atoms with Crippen molar-refractivity contribution >= 4 is 13.6 Å². The molecular formula is C11H21O5P. The van der Waals surface area contributed by atoms with Crippen LogP contribution in [0.5, 0.6) is 0 Å². The third-order valence-electron chi connectivity index (χ3n) is 1.69. The molecule has 0 heterocycles. The summed E-state index contributed by atoms with van der Waals surface area (Å²) in [6.07, 6.45) is 1.07. The molecule has 0 saturated heterocycles. The number of carbonyl (C=O) groups is 1. The van der Waals surface area contributed by atoms with Gasteiger partial charge in [0.2, 0.25) is 0 Å². The van der Waals surface area contributed by atoms with E-state index in [-0.39, 0.29) is 11.9 Å². The first kappa shape index (κ1) is 16.4.